The van der Waals surface area contributed by atoms with E-state index >= 15 is 0 Å². The van der Waals surface area contributed by atoms with E-state index in [2.05, 4.69) is 5.32 Å². The number of para-hydroxylation sites is 1. The van der Waals surface area contributed by atoms with Crippen molar-refractivity contribution in [1.82, 2.24) is 0 Å². The number of Topliss-reactive ketones (excluding diaryl/α,β-unsaturated/α-hetero) is 1. The molecule has 0 aliphatic carbocycles. The quantitative estimate of drug-likeness (QED) is 0.481. The lowest BCUT2D eigenvalue weighted by Crippen LogP contribution is -2.30. The zero-order valence-corrected chi connectivity index (χ0v) is 16.4. The van der Waals surface area contributed by atoms with Crippen LogP contribution in [0.25, 0.3) is 11.0 Å². The van der Waals surface area contributed by atoms with Crippen LogP contribution in [0.15, 0.2) is 52.9 Å². The van der Waals surface area contributed by atoms with Crippen molar-refractivity contribution in [2.45, 2.75) is 26.6 Å². The number of carbonyl (C=O) groups is 3. The van der Waals surface area contributed by atoms with Crippen molar-refractivity contribution in [3.05, 3.63) is 65.4 Å². The van der Waals surface area contributed by atoms with Gasteiger partial charge in [-0.25, -0.2) is 4.79 Å². The lowest BCUT2D eigenvalue weighted by molar-refractivity contribution is -0.123. The lowest BCUT2D eigenvalue weighted by atomic mass is 10.1. The maximum atomic E-state index is 12.6. The van der Waals surface area contributed by atoms with Gasteiger partial charge in [0.25, 0.3) is 5.91 Å². The topological polar surface area (TPSA) is 94.8 Å². The third-order valence-corrected chi connectivity index (χ3v) is 4.36. The molecule has 3 rings (SSSR count). The molecule has 0 fully saturated rings. The number of furan rings is 1. The normalized spacial score (nSPS) is 11.8. The van der Waals surface area contributed by atoms with Crippen molar-refractivity contribution in [1.29, 1.82) is 0 Å². The first-order valence-corrected chi connectivity index (χ1v) is 9.03. The number of rotatable bonds is 7. The van der Waals surface area contributed by atoms with Crippen molar-refractivity contribution in [2.75, 3.05) is 12.4 Å². The van der Waals surface area contributed by atoms with Crippen LogP contribution >= 0.6 is 0 Å². The Morgan fingerprint density at radius 1 is 1.10 bits per heavy atom. The Morgan fingerprint density at radius 3 is 2.59 bits per heavy atom. The Bertz CT molecular complexity index is 1070. The summed E-state index contributed by atoms with van der Waals surface area (Å²) in [6.45, 7) is 3.07. The fourth-order valence-electron chi connectivity index (χ4n) is 2.88. The molecule has 1 amide bonds. The van der Waals surface area contributed by atoms with Gasteiger partial charge in [0.2, 0.25) is 5.76 Å². The van der Waals surface area contributed by atoms with Gasteiger partial charge in [-0.1, -0.05) is 30.3 Å². The summed E-state index contributed by atoms with van der Waals surface area (Å²) in [5.41, 5.74) is 2.01. The molecular formula is C22H21NO6. The highest BCUT2D eigenvalue weighted by Gasteiger charge is 2.26. The molecule has 3 aromatic rings. The first kappa shape index (κ1) is 20.3. The smallest absolute Gasteiger partial charge is 0.375 e. The molecule has 150 valence electrons. The van der Waals surface area contributed by atoms with Crippen LogP contribution in [0.5, 0.6) is 0 Å². The van der Waals surface area contributed by atoms with Crippen LogP contribution < -0.4 is 5.32 Å². The molecule has 0 aliphatic rings. The molecule has 7 heteroatoms. The molecule has 0 bridgehead atoms. The SMILES string of the molecule is COCc1c(C(=O)OC(C)C(=O)Nc2cccc(C(C)=O)c2)oc2ccccc12. The fourth-order valence-corrected chi connectivity index (χ4v) is 2.88. The number of hydrogen-bond donors (Lipinski definition) is 1. The summed E-state index contributed by atoms with van der Waals surface area (Å²) in [5.74, 6) is -1.39. The maximum absolute atomic E-state index is 12.6. The second-order valence-corrected chi connectivity index (χ2v) is 6.51. The van der Waals surface area contributed by atoms with Crippen molar-refractivity contribution in [3.8, 4) is 0 Å². The molecule has 1 aromatic heterocycles. The van der Waals surface area contributed by atoms with Gasteiger partial charge in [-0.15, -0.1) is 0 Å². The Balaban J connectivity index is 1.74. The third-order valence-electron chi connectivity index (χ3n) is 4.36. The molecule has 0 aliphatic heterocycles. The number of benzene rings is 2. The van der Waals surface area contributed by atoms with Gasteiger partial charge in [0.05, 0.1) is 6.61 Å². The van der Waals surface area contributed by atoms with Gasteiger partial charge in [-0.05, 0) is 32.0 Å². The van der Waals surface area contributed by atoms with Gasteiger partial charge in [0.15, 0.2) is 11.9 Å². The molecule has 0 saturated heterocycles. The third kappa shape index (κ3) is 4.52. The number of amides is 1. The van der Waals surface area contributed by atoms with Gasteiger partial charge in [-0.2, -0.15) is 0 Å². The number of methoxy groups -OCH3 is 1. The predicted molar refractivity (Wildman–Crippen MR) is 107 cm³/mol. The molecule has 0 radical (unpaired) electrons. The Kier molecular flexibility index (Phi) is 6.09. The highest BCUT2D eigenvalue weighted by Crippen LogP contribution is 2.27. The largest absolute Gasteiger partial charge is 0.449 e. The highest BCUT2D eigenvalue weighted by molar-refractivity contribution is 6.00. The second-order valence-electron chi connectivity index (χ2n) is 6.51. The summed E-state index contributed by atoms with van der Waals surface area (Å²) in [6.07, 6.45) is -1.08. The van der Waals surface area contributed by atoms with E-state index < -0.39 is 18.0 Å². The van der Waals surface area contributed by atoms with E-state index in [1.54, 1.807) is 36.4 Å². The molecular weight excluding hydrogens is 374 g/mol. The summed E-state index contributed by atoms with van der Waals surface area (Å²) in [6, 6.07) is 13.7. The van der Waals surface area contributed by atoms with Crippen LogP contribution in [0, 0.1) is 0 Å². The van der Waals surface area contributed by atoms with E-state index in [1.807, 2.05) is 12.1 Å². The maximum Gasteiger partial charge on any atom is 0.375 e. The molecule has 1 heterocycles. The van der Waals surface area contributed by atoms with E-state index in [9.17, 15) is 14.4 Å². The van der Waals surface area contributed by atoms with Crippen LogP contribution in [0.3, 0.4) is 0 Å². The molecule has 0 saturated carbocycles. The van der Waals surface area contributed by atoms with Crippen LogP contribution in [-0.4, -0.2) is 30.9 Å². The second kappa shape index (κ2) is 8.70. The Labute approximate surface area is 167 Å². The van der Waals surface area contributed by atoms with E-state index in [0.717, 1.165) is 5.39 Å². The summed E-state index contributed by atoms with van der Waals surface area (Å²) in [5, 5.41) is 3.39. The summed E-state index contributed by atoms with van der Waals surface area (Å²) < 4.78 is 16.1. The van der Waals surface area contributed by atoms with E-state index in [4.69, 9.17) is 13.9 Å². The van der Waals surface area contributed by atoms with E-state index in [1.165, 1.54) is 21.0 Å². The molecule has 2 aromatic carbocycles. The monoisotopic (exact) mass is 395 g/mol. The zero-order valence-electron chi connectivity index (χ0n) is 16.4. The number of anilines is 1. The van der Waals surface area contributed by atoms with Crippen LogP contribution in [0.4, 0.5) is 5.69 Å². The summed E-state index contributed by atoms with van der Waals surface area (Å²) in [7, 11) is 1.52. The van der Waals surface area contributed by atoms with Crippen LogP contribution in [0.2, 0.25) is 0 Å². The minimum Gasteiger partial charge on any atom is -0.449 e. The molecule has 7 nitrogen and oxygen atoms in total. The standard InChI is InChI=1S/C22H21NO6/c1-13(24)15-7-6-8-16(11-15)23-21(25)14(2)28-22(26)20-18(12-27-3)17-9-4-5-10-19(17)29-20/h4-11,14H,12H2,1-3H3,(H,23,25). The van der Waals surface area contributed by atoms with Gasteiger partial charge < -0.3 is 19.2 Å². The number of hydrogen-bond acceptors (Lipinski definition) is 6. The van der Waals surface area contributed by atoms with Gasteiger partial charge in [-0.3, -0.25) is 9.59 Å². The molecule has 0 spiro atoms. The average Bonchev–Trinajstić information content (AvgIpc) is 3.07. The number of nitrogens with one attached hydrogen (secondary N) is 1. The number of ketones is 1. The molecule has 1 N–H and O–H groups in total. The molecule has 1 unspecified atom stereocenters. The van der Waals surface area contributed by atoms with Crippen LogP contribution in [-0.2, 0) is 20.9 Å². The average molecular weight is 395 g/mol. The zero-order chi connectivity index (χ0) is 21.0. The van der Waals surface area contributed by atoms with Crippen molar-refractivity contribution >= 4 is 34.3 Å². The summed E-state index contributed by atoms with van der Waals surface area (Å²) in [4.78, 5) is 36.5. The first-order valence-electron chi connectivity index (χ1n) is 9.03. The fraction of sp³-hybridized carbons (Fsp3) is 0.227. The minimum absolute atomic E-state index is 0.00581. The number of esters is 1. The minimum atomic E-state index is -1.08. The predicted octanol–water partition coefficient (Wildman–Crippen LogP) is 3.97. The van der Waals surface area contributed by atoms with Gasteiger partial charge in [0.1, 0.15) is 5.58 Å². The van der Waals surface area contributed by atoms with Gasteiger partial charge in [0, 0.05) is 29.3 Å². The Morgan fingerprint density at radius 2 is 1.86 bits per heavy atom. The first-order chi connectivity index (χ1) is 13.9. The number of carbonyl (C=O) groups excluding carboxylic acids is 3. The van der Waals surface area contributed by atoms with E-state index in [-0.39, 0.29) is 18.2 Å². The van der Waals surface area contributed by atoms with Crippen LogP contribution in [0.1, 0.15) is 40.3 Å². The number of ether oxygens (including phenoxy) is 2. The van der Waals surface area contributed by atoms with Crippen molar-refractivity contribution < 1.29 is 28.3 Å². The van der Waals surface area contributed by atoms with E-state index in [0.29, 0.717) is 22.4 Å². The van der Waals surface area contributed by atoms with Gasteiger partial charge >= 0.3 is 5.97 Å². The van der Waals surface area contributed by atoms with Crippen molar-refractivity contribution in [2.24, 2.45) is 0 Å². The molecule has 1 atom stereocenters. The lowest BCUT2D eigenvalue weighted by Gasteiger charge is -2.13. The molecule has 29 heavy (non-hydrogen) atoms. The number of fused-ring (bicyclic) bond motifs is 1. The van der Waals surface area contributed by atoms with Crippen molar-refractivity contribution in [3.63, 3.8) is 0 Å². The summed E-state index contributed by atoms with van der Waals surface area (Å²) >= 11 is 0. The Hall–Kier alpha value is -3.45. The highest BCUT2D eigenvalue weighted by atomic mass is 16.6.